The second kappa shape index (κ2) is 8.61. The van der Waals surface area contributed by atoms with Gasteiger partial charge in [-0.1, -0.05) is 6.07 Å². The smallest absolute Gasteiger partial charge is 0.416 e. The van der Waals surface area contributed by atoms with E-state index in [0.29, 0.717) is 5.69 Å². The Morgan fingerprint density at radius 3 is 2.45 bits per heavy atom. The number of imidazole rings is 1. The predicted octanol–water partition coefficient (Wildman–Crippen LogP) is 2.19. The van der Waals surface area contributed by atoms with Gasteiger partial charge in [0, 0.05) is 12.0 Å². The van der Waals surface area contributed by atoms with Crippen molar-refractivity contribution in [3.8, 4) is 22.7 Å². The highest BCUT2D eigenvalue weighted by molar-refractivity contribution is 5.58. The SMILES string of the molecule is COc1ccc(-c2cn(-c3cccc(C(F)(F)F)c3)c3[n+]2CCCCC3)cc1.[Br-]. The van der Waals surface area contributed by atoms with Crippen LogP contribution in [0.15, 0.2) is 54.7 Å². The molecule has 0 atom stereocenters. The lowest BCUT2D eigenvalue weighted by Crippen LogP contribution is -3.00. The summed E-state index contributed by atoms with van der Waals surface area (Å²) >= 11 is 0. The maximum absolute atomic E-state index is 13.2. The van der Waals surface area contributed by atoms with E-state index in [1.54, 1.807) is 13.2 Å². The molecule has 7 heteroatoms. The molecule has 3 nitrogen and oxygen atoms in total. The number of methoxy groups -OCH3 is 1. The number of ether oxygens (including phenoxy) is 1. The summed E-state index contributed by atoms with van der Waals surface area (Å²) in [7, 11) is 1.62. The summed E-state index contributed by atoms with van der Waals surface area (Å²) < 4.78 is 49.0. The molecule has 1 aliphatic rings. The molecule has 0 aliphatic carbocycles. The van der Waals surface area contributed by atoms with E-state index in [1.807, 2.05) is 35.0 Å². The highest BCUT2D eigenvalue weighted by atomic mass is 79.9. The third kappa shape index (κ3) is 4.34. The van der Waals surface area contributed by atoms with Crippen LogP contribution in [0.25, 0.3) is 16.9 Å². The van der Waals surface area contributed by atoms with Crippen LogP contribution in [0.4, 0.5) is 13.2 Å². The molecule has 0 saturated heterocycles. The minimum Gasteiger partial charge on any atom is -1.00 e. The van der Waals surface area contributed by atoms with Crippen molar-refractivity contribution in [1.29, 1.82) is 0 Å². The van der Waals surface area contributed by atoms with Crippen LogP contribution in [0.2, 0.25) is 0 Å². The van der Waals surface area contributed by atoms with Crippen LogP contribution < -0.4 is 26.3 Å². The number of halogens is 4. The highest BCUT2D eigenvalue weighted by Crippen LogP contribution is 2.31. The molecular weight excluding hydrogens is 445 g/mol. The highest BCUT2D eigenvalue weighted by Gasteiger charge is 2.32. The Labute approximate surface area is 178 Å². The molecule has 0 amide bonds. The normalized spacial score (nSPS) is 13.9. The minimum absolute atomic E-state index is 0. The molecule has 29 heavy (non-hydrogen) atoms. The van der Waals surface area contributed by atoms with E-state index in [0.717, 1.165) is 61.1 Å². The van der Waals surface area contributed by atoms with E-state index >= 15 is 0 Å². The van der Waals surface area contributed by atoms with E-state index in [1.165, 1.54) is 12.1 Å². The zero-order chi connectivity index (χ0) is 19.7. The average molecular weight is 467 g/mol. The zero-order valence-corrected chi connectivity index (χ0v) is 17.6. The Bertz CT molecular complexity index is 981. The third-order valence-corrected chi connectivity index (χ3v) is 5.25. The van der Waals surface area contributed by atoms with Crippen molar-refractivity contribution in [1.82, 2.24) is 4.57 Å². The number of aromatic nitrogens is 2. The van der Waals surface area contributed by atoms with Crippen LogP contribution in [0, 0.1) is 0 Å². The molecular formula is C22H22BrF3N2O. The first-order valence-electron chi connectivity index (χ1n) is 9.43. The summed E-state index contributed by atoms with van der Waals surface area (Å²) in [6.07, 6.45) is 1.65. The molecule has 3 aromatic rings. The van der Waals surface area contributed by atoms with Gasteiger partial charge in [-0.3, -0.25) is 0 Å². The molecule has 154 valence electrons. The van der Waals surface area contributed by atoms with Crippen molar-refractivity contribution in [2.24, 2.45) is 0 Å². The Hall–Kier alpha value is -2.28. The lowest BCUT2D eigenvalue weighted by atomic mass is 10.1. The van der Waals surface area contributed by atoms with Crippen molar-refractivity contribution in [2.45, 2.75) is 38.4 Å². The molecule has 0 unspecified atom stereocenters. The molecule has 0 bridgehead atoms. The summed E-state index contributed by atoms with van der Waals surface area (Å²) in [6.45, 7) is 0.864. The Morgan fingerprint density at radius 1 is 1.00 bits per heavy atom. The Kier molecular flexibility index (Phi) is 6.36. The molecule has 1 aliphatic heterocycles. The maximum Gasteiger partial charge on any atom is 0.416 e. The molecule has 0 fully saturated rings. The predicted molar refractivity (Wildman–Crippen MR) is 101 cm³/mol. The molecule has 1 aromatic heterocycles. The van der Waals surface area contributed by atoms with Crippen molar-refractivity contribution < 1.29 is 39.5 Å². The van der Waals surface area contributed by atoms with Gasteiger partial charge in [-0.2, -0.15) is 17.7 Å². The number of benzene rings is 2. The molecule has 0 radical (unpaired) electrons. The van der Waals surface area contributed by atoms with Crippen LogP contribution in [0.1, 0.15) is 30.7 Å². The van der Waals surface area contributed by atoms with E-state index in [2.05, 4.69) is 4.57 Å². The third-order valence-electron chi connectivity index (χ3n) is 5.25. The molecule has 2 aromatic carbocycles. The van der Waals surface area contributed by atoms with Crippen molar-refractivity contribution >= 4 is 0 Å². The second-order valence-electron chi connectivity index (χ2n) is 7.04. The van der Waals surface area contributed by atoms with Gasteiger partial charge in [0.2, 0.25) is 0 Å². The van der Waals surface area contributed by atoms with Gasteiger partial charge in [-0.25, -0.2) is 4.57 Å². The van der Waals surface area contributed by atoms with Crippen LogP contribution in [-0.4, -0.2) is 11.7 Å². The maximum atomic E-state index is 13.2. The van der Waals surface area contributed by atoms with Crippen LogP contribution in [-0.2, 0) is 19.1 Å². The van der Waals surface area contributed by atoms with Gasteiger partial charge in [0.25, 0.3) is 5.82 Å². The first-order chi connectivity index (χ1) is 13.5. The van der Waals surface area contributed by atoms with Gasteiger partial charge in [0.05, 0.1) is 19.2 Å². The van der Waals surface area contributed by atoms with Crippen molar-refractivity contribution in [3.05, 3.63) is 66.1 Å². The standard InChI is InChI=1S/C22H22F3N2O.BrH/c1-28-19-11-9-16(10-12-19)20-15-27(21-8-3-2-4-13-26(20)21)18-7-5-6-17(14-18)22(23,24)25;/h5-7,9-12,14-15H,2-4,8,13H2,1H3;1H/q+1;/p-1. The number of hydrogen-bond donors (Lipinski definition) is 0. The van der Waals surface area contributed by atoms with Gasteiger partial charge >= 0.3 is 6.18 Å². The number of rotatable bonds is 3. The van der Waals surface area contributed by atoms with Gasteiger partial charge in [-0.15, -0.1) is 0 Å². The van der Waals surface area contributed by atoms with Gasteiger partial charge in [-0.05, 0) is 61.7 Å². The van der Waals surface area contributed by atoms with Crippen LogP contribution in [0.5, 0.6) is 5.75 Å². The summed E-state index contributed by atoms with van der Waals surface area (Å²) in [6, 6.07) is 13.3. The fourth-order valence-corrected chi connectivity index (χ4v) is 3.82. The minimum atomic E-state index is -4.36. The number of nitrogens with zero attached hydrogens (tertiary/aromatic N) is 2. The van der Waals surface area contributed by atoms with Gasteiger partial charge in [0.1, 0.15) is 17.6 Å². The largest absolute Gasteiger partial charge is 1.00 e. The number of alkyl halides is 3. The fourth-order valence-electron chi connectivity index (χ4n) is 3.82. The van der Waals surface area contributed by atoms with E-state index in [4.69, 9.17) is 4.74 Å². The Morgan fingerprint density at radius 2 is 1.76 bits per heavy atom. The quantitative estimate of drug-likeness (QED) is 0.541. The summed E-state index contributed by atoms with van der Waals surface area (Å²) in [4.78, 5) is 0. The van der Waals surface area contributed by atoms with E-state index in [9.17, 15) is 13.2 Å². The first kappa shape index (κ1) is 21.4. The van der Waals surface area contributed by atoms with Gasteiger partial charge in [0.15, 0.2) is 5.69 Å². The number of fused-ring (bicyclic) bond motifs is 1. The second-order valence-corrected chi connectivity index (χ2v) is 7.04. The average Bonchev–Trinajstić information content (AvgIpc) is 2.88. The van der Waals surface area contributed by atoms with Crippen molar-refractivity contribution in [3.63, 3.8) is 0 Å². The topological polar surface area (TPSA) is 18.0 Å². The zero-order valence-electron chi connectivity index (χ0n) is 16.0. The summed E-state index contributed by atoms with van der Waals surface area (Å²) in [5.74, 6) is 1.82. The van der Waals surface area contributed by atoms with Gasteiger partial charge < -0.3 is 21.7 Å². The number of hydrogen-bond acceptors (Lipinski definition) is 1. The monoisotopic (exact) mass is 466 g/mol. The van der Waals surface area contributed by atoms with E-state index in [-0.39, 0.29) is 17.0 Å². The first-order valence-corrected chi connectivity index (χ1v) is 9.43. The van der Waals surface area contributed by atoms with Crippen LogP contribution in [0.3, 0.4) is 0 Å². The summed E-state index contributed by atoms with van der Waals surface area (Å²) in [5, 5.41) is 0. The fraction of sp³-hybridized carbons (Fsp3) is 0.318. The molecule has 0 saturated carbocycles. The lowest BCUT2D eigenvalue weighted by molar-refractivity contribution is -0.692. The molecule has 2 heterocycles. The molecule has 0 spiro atoms. The van der Waals surface area contributed by atoms with Crippen LogP contribution >= 0.6 is 0 Å². The van der Waals surface area contributed by atoms with Crippen molar-refractivity contribution in [2.75, 3.05) is 7.11 Å². The summed E-state index contributed by atoms with van der Waals surface area (Å²) in [5.41, 5.74) is 1.95. The Balaban J connectivity index is 0.00000240. The lowest BCUT2D eigenvalue weighted by Gasteiger charge is -2.08. The van der Waals surface area contributed by atoms with E-state index < -0.39 is 11.7 Å². The molecule has 0 N–H and O–H groups in total. The molecule has 4 rings (SSSR count).